The van der Waals surface area contributed by atoms with Crippen molar-refractivity contribution in [2.75, 3.05) is 17.8 Å². The van der Waals surface area contributed by atoms with E-state index in [1.54, 1.807) is 12.1 Å². The number of rotatable bonds is 5. The van der Waals surface area contributed by atoms with Crippen molar-refractivity contribution in [3.05, 3.63) is 65.0 Å². The van der Waals surface area contributed by atoms with Gasteiger partial charge in [0.1, 0.15) is 5.58 Å². The third-order valence-corrected chi connectivity index (χ3v) is 8.27. The molecule has 158 valence electrons. The summed E-state index contributed by atoms with van der Waals surface area (Å²) in [5.41, 5.74) is 0.148. The molecule has 30 heavy (non-hydrogen) atoms. The SMILES string of the molecule is O=c1ccc2cc(NS(=O)(=O)c3ccc(S(=O)(=O)N4CCCCC4)cc3)ccc2o1. The number of piperidine rings is 1. The first-order valence-electron chi connectivity index (χ1n) is 9.43. The second-order valence-corrected chi connectivity index (χ2v) is 10.7. The van der Waals surface area contributed by atoms with Crippen molar-refractivity contribution < 1.29 is 21.3 Å². The van der Waals surface area contributed by atoms with Gasteiger partial charge in [-0.15, -0.1) is 0 Å². The van der Waals surface area contributed by atoms with Crippen LogP contribution >= 0.6 is 0 Å². The van der Waals surface area contributed by atoms with Crippen LogP contribution in [-0.2, 0) is 20.0 Å². The number of hydrogen-bond acceptors (Lipinski definition) is 6. The van der Waals surface area contributed by atoms with Gasteiger partial charge in [0, 0.05) is 30.2 Å². The van der Waals surface area contributed by atoms with Crippen molar-refractivity contribution in [1.82, 2.24) is 4.31 Å². The van der Waals surface area contributed by atoms with E-state index < -0.39 is 25.7 Å². The summed E-state index contributed by atoms with van der Waals surface area (Å²) in [7, 11) is -7.56. The molecule has 0 spiro atoms. The number of fused-ring (bicyclic) bond motifs is 1. The first-order chi connectivity index (χ1) is 14.3. The van der Waals surface area contributed by atoms with Gasteiger partial charge in [-0.2, -0.15) is 4.31 Å². The van der Waals surface area contributed by atoms with Crippen LogP contribution in [0.3, 0.4) is 0 Å². The zero-order chi connectivity index (χ0) is 21.4. The van der Waals surface area contributed by atoms with Crippen molar-refractivity contribution in [3.63, 3.8) is 0 Å². The minimum atomic E-state index is -3.93. The van der Waals surface area contributed by atoms with Gasteiger partial charge in [0.25, 0.3) is 10.0 Å². The lowest BCUT2D eigenvalue weighted by Gasteiger charge is -2.25. The van der Waals surface area contributed by atoms with Crippen LogP contribution in [0.2, 0.25) is 0 Å². The highest BCUT2D eigenvalue weighted by atomic mass is 32.2. The maximum Gasteiger partial charge on any atom is 0.336 e. The average molecular weight is 449 g/mol. The Morgan fingerprint density at radius 2 is 1.47 bits per heavy atom. The van der Waals surface area contributed by atoms with E-state index >= 15 is 0 Å². The van der Waals surface area contributed by atoms with Crippen LogP contribution in [0.25, 0.3) is 11.0 Å². The van der Waals surface area contributed by atoms with Crippen molar-refractivity contribution in [2.45, 2.75) is 29.1 Å². The van der Waals surface area contributed by atoms with Gasteiger partial charge in [0.05, 0.1) is 9.79 Å². The van der Waals surface area contributed by atoms with E-state index in [0.717, 1.165) is 19.3 Å². The molecular formula is C20H20N2O6S2. The lowest BCUT2D eigenvalue weighted by atomic mass is 10.2. The van der Waals surface area contributed by atoms with Crippen LogP contribution < -0.4 is 10.3 Å². The van der Waals surface area contributed by atoms with Gasteiger partial charge in [-0.3, -0.25) is 4.72 Å². The molecule has 0 atom stereocenters. The smallest absolute Gasteiger partial charge is 0.336 e. The normalized spacial score (nSPS) is 15.9. The second-order valence-electron chi connectivity index (χ2n) is 7.05. The fraction of sp³-hybridized carbons (Fsp3) is 0.250. The van der Waals surface area contributed by atoms with E-state index in [1.165, 1.54) is 46.8 Å². The Bertz CT molecular complexity index is 1340. The topological polar surface area (TPSA) is 114 Å². The third-order valence-electron chi connectivity index (χ3n) is 4.96. The van der Waals surface area contributed by atoms with Gasteiger partial charge in [0.2, 0.25) is 10.0 Å². The Morgan fingerprint density at radius 1 is 0.800 bits per heavy atom. The van der Waals surface area contributed by atoms with Crippen LogP contribution in [0, 0.1) is 0 Å². The molecule has 1 aromatic heterocycles. The Balaban J connectivity index is 1.57. The molecule has 0 radical (unpaired) electrons. The minimum absolute atomic E-state index is 0.0558. The maximum absolute atomic E-state index is 12.7. The highest BCUT2D eigenvalue weighted by Crippen LogP contribution is 2.24. The van der Waals surface area contributed by atoms with Crippen LogP contribution in [0.4, 0.5) is 5.69 Å². The van der Waals surface area contributed by atoms with Gasteiger partial charge in [-0.25, -0.2) is 21.6 Å². The van der Waals surface area contributed by atoms with E-state index in [9.17, 15) is 21.6 Å². The van der Waals surface area contributed by atoms with Gasteiger partial charge < -0.3 is 4.42 Å². The molecule has 2 aromatic carbocycles. The second kappa shape index (κ2) is 7.86. The molecule has 4 rings (SSSR count). The van der Waals surface area contributed by atoms with Gasteiger partial charge in [-0.05, 0) is 61.4 Å². The summed E-state index contributed by atoms with van der Waals surface area (Å²) in [5, 5.41) is 0.567. The largest absolute Gasteiger partial charge is 0.423 e. The van der Waals surface area contributed by atoms with E-state index in [1.807, 2.05) is 0 Å². The highest BCUT2D eigenvalue weighted by molar-refractivity contribution is 7.92. The molecule has 1 fully saturated rings. The Morgan fingerprint density at radius 3 is 2.17 bits per heavy atom. The number of nitrogens with zero attached hydrogens (tertiary/aromatic N) is 1. The lowest BCUT2D eigenvalue weighted by molar-refractivity contribution is 0.346. The number of hydrogen-bond donors (Lipinski definition) is 1. The summed E-state index contributed by atoms with van der Waals surface area (Å²) in [6.45, 7) is 0.956. The van der Waals surface area contributed by atoms with E-state index in [2.05, 4.69) is 4.72 Å². The molecule has 2 heterocycles. The monoisotopic (exact) mass is 448 g/mol. The van der Waals surface area contributed by atoms with Crippen molar-refractivity contribution >= 4 is 36.7 Å². The average Bonchev–Trinajstić information content (AvgIpc) is 2.74. The van der Waals surface area contributed by atoms with Crippen molar-refractivity contribution in [3.8, 4) is 0 Å². The Kier molecular flexibility index (Phi) is 5.39. The summed E-state index contributed by atoms with van der Waals surface area (Å²) < 4.78 is 59.8. The highest BCUT2D eigenvalue weighted by Gasteiger charge is 2.26. The summed E-state index contributed by atoms with van der Waals surface area (Å²) in [6.07, 6.45) is 2.66. The lowest BCUT2D eigenvalue weighted by Crippen LogP contribution is -2.35. The molecule has 1 N–H and O–H groups in total. The third kappa shape index (κ3) is 4.11. The van der Waals surface area contributed by atoms with E-state index in [4.69, 9.17) is 4.42 Å². The predicted octanol–water partition coefficient (Wildman–Crippen LogP) is 2.77. The van der Waals surface area contributed by atoms with Crippen LogP contribution in [-0.4, -0.2) is 34.2 Å². The number of nitrogens with one attached hydrogen (secondary N) is 1. The van der Waals surface area contributed by atoms with E-state index in [0.29, 0.717) is 29.7 Å². The molecular weight excluding hydrogens is 428 g/mol. The summed E-state index contributed by atoms with van der Waals surface area (Å²) >= 11 is 0. The number of sulfonamides is 2. The first-order valence-corrected chi connectivity index (χ1v) is 12.3. The summed E-state index contributed by atoms with van der Waals surface area (Å²) in [4.78, 5) is 11.3. The molecule has 10 heteroatoms. The maximum atomic E-state index is 12.7. The van der Waals surface area contributed by atoms with Gasteiger partial charge >= 0.3 is 5.63 Å². The van der Waals surface area contributed by atoms with Crippen LogP contribution in [0.5, 0.6) is 0 Å². The molecule has 1 saturated heterocycles. The number of anilines is 1. The van der Waals surface area contributed by atoms with Gasteiger partial charge in [0.15, 0.2) is 0 Å². The van der Waals surface area contributed by atoms with Crippen LogP contribution in [0.1, 0.15) is 19.3 Å². The Hall–Kier alpha value is -2.69. The Labute approximate surface area is 174 Å². The zero-order valence-corrected chi connectivity index (χ0v) is 17.6. The quantitative estimate of drug-likeness (QED) is 0.601. The minimum Gasteiger partial charge on any atom is -0.423 e. The molecule has 0 unspecified atom stereocenters. The van der Waals surface area contributed by atoms with Crippen molar-refractivity contribution in [2.24, 2.45) is 0 Å². The van der Waals surface area contributed by atoms with Gasteiger partial charge in [-0.1, -0.05) is 6.42 Å². The van der Waals surface area contributed by atoms with Crippen molar-refractivity contribution in [1.29, 1.82) is 0 Å². The zero-order valence-electron chi connectivity index (χ0n) is 15.9. The molecule has 0 saturated carbocycles. The first kappa shape index (κ1) is 20.6. The molecule has 0 amide bonds. The number of benzene rings is 2. The molecule has 0 aliphatic carbocycles. The molecule has 1 aliphatic rings. The van der Waals surface area contributed by atoms with E-state index in [-0.39, 0.29) is 9.79 Å². The fourth-order valence-corrected chi connectivity index (χ4v) is 5.96. The van der Waals surface area contributed by atoms with Crippen LogP contribution in [0.15, 0.2) is 73.6 Å². The molecule has 3 aromatic rings. The summed E-state index contributed by atoms with van der Waals surface area (Å²) in [6, 6.07) is 12.5. The summed E-state index contributed by atoms with van der Waals surface area (Å²) in [5.74, 6) is 0. The molecule has 0 bridgehead atoms. The molecule has 8 nitrogen and oxygen atoms in total. The molecule has 1 aliphatic heterocycles. The standard InChI is InChI=1S/C20H20N2O6S2/c23-20-11-4-15-14-16(5-10-19(15)28-20)21-29(24,25)17-6-8-18(9-7-17)30(26,27)22-12-2-1-3-13-22/h4-11,14,21H,1-3,12-13H2. The predicted molar refractivity (Wildman–Crippen MR) is 112 cm³/mol. The fourth-order valence-electron chi connectivity index (χ4n) is 3.39.